The second kappa shape index (κ2) is 12.6. The average Bonchev–Trinajstić information content (AvgIpc) is 2.62. The van der Waals surface area contributed by atoms with Gasteiger partial charge in [-0.25, -0.2) is 9.59 Å². The predicted molar refractivity (Wildman–Crippen MR) is 96.2 cm³/mol. The quantitative estimate of drug-likeness (QED) is 0.419. The van der Waals surface area contributed by atoms with Gasteiger partial charge in [0.1, 0.15) is 12.1 Å². The number of hydrogen-bond acceptors (Lipinski definition) is 5. The molecule has 0 heterocycles. The zero-order valence-corrected chi connectivity index (χ0v) is 16.5. The van der Waals surface area contributed by atoms with E-state index in [2.05, 4.69) is 6.92 Å². The van der Waals surface area contributed by atoms with Crippen LogP contribution >= 0.6 is 0 Å². The van der Waals surface area contributed by atoms with Crippen molar-refractivity contribution in [3.8, 4) is 0 Å². The number of rotatable bonds is 11. The van der Waals surface area contributed by atoms with Crippen LogP contribution in [0.25, 0.3) is 0 Å². The molecule has 0 spiro atoms. The molecule has 0 fully saturated rings. The van der Waals surface area contributed by atoms with Gasteiger partial charge in [-0.1, -0.05) is 33.1 Å². The highest BCUT2D eigenvalue weighted by Crippen LogP contribution is 2.08. The van der Waals surface area contributed by atoms with Gasteiger partial charge in [0.2, 0.25) is 5.91 Å². The lowest BCUT2D eigenvalue weighted by molar-refractivity contribution is -0.154. The fourth-order valence-electron chi connectivity index (χ4n) is 2.08. The fourth-order valence-corrected chi connectivity index (χ4v) is 2.08. The van der Waals surface area contributed by atoms with Crippen LogP contribution in [0.5, 0.6) is 0 Å². The van der Waals surface area contributed by atoms with Crippen molar-refractivity contribution in [3.63, 3.8) is 0 Å². The Bertz CT molecular complexity index is 428. The Hall–Kier alpha value is -1.79. The molecule has 0 rings (SSSR count). The first-order valence-electron chi connectivity index (χ1n) is 9.10. The van der Waals surface area contributed by atoms with E-state index in [9.17, 15) is 14.4 Å². The van der Waals surface area contributed by atoms with Crippen molar-refractivity contribution >= 4 is 18.0 Å². The molecule has 0 aromatic heterocycles. The van der Waals surface area contributed by atoms with Gasteiger partial charge in [-0.05, 0) is 26.7 Å². The molecule has 0 bridgehead atoms. The molecule has 146 valence electrons. The molecular weight excluding hydrogens is 324 g/mol. The summed E-state index contributed by atoms with van der Waals surface area (Å²) >= 11 is 0. The lowest BCUT2D eigenvalue weighted by atomic mass is 10.2. The summed E-state index contributed by atoms with van der Waals surface area (Å²) in [5, 5.41) is 0. The molecule has 0 saturated heterocycles. The largest absolute Gasteiger partial charge is 0.464 e. The fraction of sp³-hybridized carbons (Fsp3) is 0.833. The highest BCUT2D eigenvalue weighted by atomic mass is 16.6. The minimum atomic E-state index is -0.728. The number of carbonyl (C=O) groups is 3. The van der Waals surface area contributed by atoms with E-state index < -0.39 is 24.1 Å². The van der Waals surface area contributed by atoms with E-state index in [0.717, 1.165) is 25.7 Å². The monoisotopic (exact) mass is 358 g/mol. The van der Waals surface area contributed by atoms with E-state index in [-0.39, 0.29) is 5.91 Å². The molecule has 25 heavy (non-hydrogen) atoms. The van der Waals surface area contributed by atoms with Crippen molar-refractivity contribution in [2.24, 2.45) is 0 Å². The van der Waals surface area contributed by atoms with Gasteiger partial charge in [-0.2, -0.15) is 0 Å². The summed E-state index contributed by atoms with van der Waals surface area (Å²) in [6, 6.07) is -1.43. The zero-order chi connectivity index (χ0) is 19.4. The summed E-state index contributed by atoms with van der Waals surface area (Å²) in [6.45, 7) is 7.91. The number of esters is 1. The van der Waals surface area contributed by atoms with Gasteiger partial charge in [0, 0.05) is 14.1 Å². The van der Waals surface area contributed by atoms with Gasteiger partial charge in [-0.3, -0.25) is 9.69 Å². The lowest BCUT2D eigenvalue weighted by Crippen LogP contribution is -2.51. The molecule has 0 aromatic carbocycles. The summed E-state index contributed by atoms with van der Waals surface area (Å²) < 4.78 is 10.2. The number of likely N-dealkylation sites (N-methyl/N-ethyl adjacent to an activating group) is 2. The van der Waals surface area contributed by atoms with E-state index in [1.54, 1.807) is 13.8 Å². The predicted octanol–water partition coefficient (Wildman–Crippen LogP) is 2.82. The molecular formula is C18H34N2O5. The lowest BCUT2D eigenvalue weighted by Gasteiger charge is -2.30. The minimum Gasteiger partial charge on any atom is -0.464 e. The Morgan fingerprint density at radius 3 is 2.00 bits per heavy atom. The zero-order valence-electron chi connectivity index (χ0n) is 16.5. The molecule has 0 aromatic rings. The van der Waals surface area contributed by atoms with E-state index in [0.29, 0.717) is 19.6 Å². The van der Waals surface area contributed by atoms with Crippen molar-refractivity contribution in [1.29, 1.82) is 0 Å². The number of unbranched alkanes of at least 4 members (excludes halogenated alkanes) is 3. The van der Waals surface area contributed by atoms with Crippen LogP contribution in [0.1, 0.15) is 59.8 Å². The van der Waals surface area contributed by atoms with Crippen LogP contribution in [0.2, 0.25) is 0 Å². The highest BCUT2D eigenvalue weighted by molar-refractivity contribution is 5.89. The molecule has 0 saturated carbocycles. The SMILES string of the molecule is CCCCCCOC(=O)C(C)N(C)C(=O)C(C)N(C)C(=O)OCCC. The van der Waals surface area contributed by atoms with Crippen LogP contribution in [-0.2, 0) is 19.1 Å². The third-order valence-corrected chi connectivity index (χ3v) is 4.17. The minimum absolute atomic E-state index is 0.306. The van der Waals surface area contributed by atoms with Crippen LogP contribution in [-0.4, -0.2) is 67.2 Å². The maximum Gasteiger partial charge on any atom is 0.410 e. The van der Waals surface area contributed by atoms with Crippen molar-refractivity contribution in [2.75, 3.05) is 27.3 Å². The van der Waals surface area contributed by atoms with E-state index in [4.69, 9.17) is 9.47 Å². The summed E-state index contributed by atoms with van der Waals surface area (Å²) in [5.41, 5.74) is 0. The molecule has 2 unspecified atom stereocenters. The summed E-state index contributed by atoms with van der Waals surface area (Å²) in [4.78, 5) is 38.9. The first kappa shape index (κ1) is 23.2. The standard InChI is InChI=1S/C18H34N2O5/c1-7-9-10-11-13-24-17(22)15(4)19(5)16(21)14(3)20(6)18(23)25-12-8-2/h14-15H,7-13H2,1-6H3. The van der Waals surface area contributed by atoms with Gasteiger partial charge in [0.15, 0.2) is 0 Å². The van der Waals surface area contributed by atoms with Gasteiger partial charge in [-0.15, -0.1) is 0 Å². The van der Waals surface area contributed by atoms with Crippen molar-refractivity contribution in [3.05, 3.63) is 0 Å². The molecule has 0 radical (unpaired) electrons. The average molecular weight is 358 g/mol. The molecule has 2 atom stereocenters. The first-order valence-corrected chi connectivity index (χ1v) is 9.10. The molecule has 7 heteroatoms. The number of nitrogens with zero attached hydrogens (tertiary/aromatic N) is 2. The highest BCUT2D eigenvalue weighted by Gasteiger charge is 2.31. The van der Waals surface area contributed by atoms with Crippen molar-refractivity contribution in [2.45, 2.75) is 71.9 Å². The normalized spacial score (nSPS) is 12.9. The van der Waals surface area contributed by atoms with Crippen LogP contribution in [0, 0.1) is 0 Å². The Morgan fingerprint density at radius 1 is 0.800 bits per heavy atom. The van der Waals surface area contributed by atoms with Gasteiger partial charge in [0.05, 0.1) is 13.2 Å². The summed E-state index contributed by atoms with van der Waals surface area (Å²) in [6.07, 6.45) is 4.24. The maximum absolute atomic E-state index is 12.5. The summed E-state index contributed by atoms with van der Waals surface area (Å²) in [5.74, 6) is -0.776. The number of carbonyl (C=O) groups excluding carboxylic acids is 3. The molecule has 0 aliphatic heterocycles. The third kappa shape index (κ3) is 8.23. The number of hydrogen-bond donors (Lipinski definition) is 0. The van der Waals surface area contributed by atoms with E-state index in [1.165, 1.54) is 23.9 Å². The second-order valence-corrected chi connectivity index (χ2v) is 6.25. The second-order valence-electron chi connectivity index (χ2n) is 6.25. The molecule has 2 amide bonds. The van der Waals surface area contributed by atoms with Crippen molar-refractivity contribution < 1.29 is 23.9 Å². The topological polar surface area (TPSA) is 76.2 Å². The van der Waals surface area contributed by atoms with Gasteiger partial charge >= 0.3 is 12.1 Å². The van der Waals surface area contributed by atoms with Crippen LogP contribution < -0.4 is 0 Å². The number of amides is 2. The number of ether oxygens (including phenoxy) is 2. The van der Waals surface area contributed by atoms with E-state index >= 15 is 0 Å². The third-order valence-electron chi connectivity index (χ3n) is 4.17. The maximum atomic E-state index is 12.5. The molecule has 7 nitrogen and oxygen atoms in total. The van der Waals surface area contributed by atoms with Crippen LogP contribution in [0.3, 0.4) is 0 Å². The Balaban J connectivity index is 4.48. The van der Waals surface area contributed by atoms with Crippen LogP contribution in [0.15, 0.2) is 0 Å². The Kier molecular flexibility index (Phi) is 11.7. The molecule has 0 aliphatic carbocycles. The van der Waals surface area contributed by atoms with Gasteiger partial charge < -0.3 is 14.4 Å². The molecule has 0 N–H and O–H groups in total. The van der Waals surface area contributed by atoms with Crippen molar-refractivity contribution in [1.82, 2.24) is 9.80 Å². The van der Waals surface area contributed by atoms with E-state index in [1.807, 2.05) is 6.92 Å². The van der Waals surface area contributed by atoms with Crippen LogP contribution in [0.4, 0.5) is 4.79 Å². The molecule has 0 aliphatic rings. The Labute approximate surface area is 151 Å². The van der Waals surface area contributed by atoms with Gasteiger partial charge in [0.25, 0.3) is 0 Å². The summed E-state index contributed by atoms with van der Waals surface area (Å²) in [7, 11) is 3.04. The first-order chi connectivity index (χ1) is 11.8. The smallest absolute Gasteiger partial charge is 0.410 e. The Morgan fingerprint density at radius 2 is 1.44 bits per heavy atom.